The van der Waals surface area contributed by atoms with E-state index in [9.17, 15) is 20.4 Å². The van der Waals surface area contributed by atoms with Crippen molar-refractivity contribution in [1.82, 2.24) is 0 Å². The van der Waals surface area contributed by atoms with Crippen molar-refractivity contribution in [3.8, 4) is 0 Å². The van der Waals surface area contributed by atoms with E-state index in [1.165, 1.54) is 0 Å². The highest BCUT2D eigenvalue weighted by Gasteiger charge is 2.26. The lowest BCUT2D eigenvalue weighted by atomic mass is 9.94. The van der Waals surface area contributed by atoms with Gasteiger partial charge in [0, 0.05) is 25.3 Å². The molecule has 0 heterocycles. The summed E-state index contributed by atoms with van der Waals surface area (Å²) >= 11 is 0. The summed E-state index contributed by atoms with van der Waals surface area (Å²) in [7, 11) is 0. The molecule has 0 aliphatic heterocycles. The molecule has 0 amide bonds. The van der Waals surface area contributed by atoms with E-state index < -0.39 is 42.0 Å². The standard InChI is InChI=1S/C8H20N2O2.C8H19NO3.C7H16O3.C7H16O.C5H12O/c1-5(2)3-7(12)8(10)6(9)4-11;1-5(2)3-7(11)8(12)6(9)4-10;1-6(2)3-7(10,4-8)5-9;1-6(2)4-7(3)5-8;1-5(2)3-4-6/h5-8,11-12H,3-4,9-10H2,1-2H3;5-8,10-12H,3-4,9H2,1-2H3;6,8-10H,3-5H2,1-2H3;6-8H,4-5H2,1-3H3;5-6H,3-4H2,1-2H3/t2*6?,7-,8?;;;/m11.../s1. The van der Waals surface area contributed by atoms with Crippen LogP contribution in [0.25, 0.3) is 0 Å². The zero-order valence-corrected chi connectivity index (χ0v) is 32.4. The number of rotatable bonds is 19. The van der Waals surface area contributed by atoms with E-state index >= 15 is 0 Å². The second kappa shape index (κ2) is 34.9. The zero-order chi connectivity index (χ0) is 39.2. The molecule has 0 rings (SSSR count). The fourth-order valence-electron chi connectivity index (χ4n) is 4.14. The summed E-state index contributed by atoms with van der Waals surface area (Å²) < 4.78 is 0. The molecule has 0 aliphatic rings. The van der Waals surface area contributed by atoms with Gasteiger partial charge in [-0.15, -0.1) is 0 Å². The monoisotopic (exact) mass is 706 g/mol. The first-order valence-corrected chi connectivity index (χ1v) is 17.6. The predicted octanol–water partition coefficient (Wildman–Crippen LogP) is 0.548. The lowest BCUT2D eigenvalue weighted by Crippen LogP contribution is -2.51. The van der Waals surface area contributed by atoms with Crippen LogP contribution in [-0.4, -0.2) is 133 Å². The highest BCUT2D eigenvalue weighted by atomic mass is 16.4. The van der Waals surface area contributed by atoms with Gasteiger partial charge < -0.3 is 68.3 Å². The predicted molar refractivity (Wildman–Crippen MR) is 196 cm³/mol. The van der Waals surface area contributed by atoms with Crippen molar-refractivity contribution in [2.45, 2.75) is 150 Å². The van der Waals surface area contributed by atoms with Gasteiger partial charge in [0.25, 0.3) is 0 Å². The maximum atomic E-state index is 9.47. The van der Waals surface area contributed by atoms with Gasteiger partial charge >= 0.3 is 0 Å². The molecule has 0 radical (unpaired) electrons. The molecule has 0 saturated heterocycles. The van der Waals surface area contributed by atoms with Crippen molar-refractivity contribution in [2.75, 3.05) is 39.6 Å². The molecular formula is C35H83N3O10. The van der Waals surface area contributed by atoms with E-state index in [-0.39, 0.29) is 32.3 Å². The van der Waals surface area contributed by atoms with Crippen molar-refractivity contribution >= 4 is 0 Å². The Bertz CT molecular complexity index is 614. The summed E-state index contributed by atoms with van der Waals surface area (Å²) in [5.41, 5.74) is 15.1. The average Bonchev–Trinajstić information content (AvgIpc) is 2.99. The van der Waals surface area contributed by atoms with Crippen LogP contribution >= 0.6 is 0 Å². The molecule has 13 nitrogen and oxygen atoms in total. The molecule has 0 bridgehead atoms. The Morgan fingerprint density at radius 2 is 0.896 bits per heavy atom. The van der Waals surface area contributed by atoms with Gasteiger partial charge in [-0.2, -0.15) is 0 Å². The summed E-state index contributed by atoms with van der Waals surface area (Å²) in [6.07, 6.45) is 1.12. The maximum Gasteiger partial charge on any atom is 0.111 e. The lowest BCUT2D eigenvalue weighted by molar-refractivity contribution is -0.0675. The van der Waals surface area contributed by atoms with Gasteiger partial charge in [-0.25, -0.2) is 0 Å². The van der Waals surface area contributed by atoms with E-state index in [1.807, 2.05) is 41.5 Å². The summed E-state index contributed by atoms with van der Waals surface area (Å²) in [5, 5.41) is 88.8. The third-order valence-electron chi connectivity index (χ3n) is 6.89. The lowest BCUT2D eigenvalue weighted by Gasteiger charge is -2.24. The first kappa shape index (κ1) is 56.8. The van der Waals surface area contributed by atoms with Crippen LogP contribution in [-0.2, 0) is 0 Å². The van der Waals surface area contributed by atoms with Crippen LogP contribution in [0.1, 0.15) is 108 Å². The molecular weight excluding hydrogens is 622 g/mol. The smallest absolute Gasteiger partial charge is 0.111 e. The van der Waals surface area contributed by atoms with Crippen LogP contribution in [0.15, 0.2) is 0 Å². The Morgan fingerprint density at radius 1 is 0.500 bits per heavy atom. The number of aliphatic hydroxyl groups excluding tert-OH is 9. The maximum absolute atomic E-state index is 9.47. The van der Waals surface area contributed by atoms with Crippen molar-refractivity contribution in [3.05, 3.63) is 0 Å². The molecule has 0 aromatic heterocycles. The van der Waals surface area contributed by atoms with Gasteiger partial charge in [0.05, 0.1) is 50.8 Å². The third kappa shape index (κ3) is 39.9. The minimum absolute atomic E-state index is 0.184. The largest absolute Gasteiger partial charge is 0.396 e. The highest BCUT2D eigenvalue weighted by Crippen LogP contribution is 2.15. The van der Waals surface area contributed by atoms with Crippen LogP contribution in [0.3, 0.4) is 0 Å². The van der Waals surface area contributed by atoms with Crippen LogP contribution in [0.2, 0.25) is 0 Å². The van der Waals surface area contributed by atoms with E-state index in [0.29, 0.717) is 56.1 Å². The Balaban J connectivity index is -0.000000164. The highest BCUT2D eigenvalue weighted by molar-refractivity contribution is 4.82. The van der Waals surface area contributed by atoms with Crippen molar-refractivity contribution in [3.63, 3.8) is 0 Å². The summed E-state index contributed by atoms with van der Waals surface area (Å²) in [6.45, 7) is 21.8. The number of hydrogen-bond donors (Lipinski definition) is 13. The van der Waals surface area contributed by atoms with Crippen LogP contribution < -0.4 is 17.2 Å². The first-order chi connectivity index (χ1) is 21.9. The van der Waals surface area contributed by atoms with Gasteiger partial charge in [0.1, 0.15) is 5.60 Å². The van der Waals surface area contributed by atoms with Gasteiger partial charge in [0.15, 0.2) is 0 Å². The van der Waals surface area contributed by atoms with Gasteiger partial charge in [-0.1, -0.05) is 76.2 Å². The molecule has 0 aromatic carbocycles. The number of hydrogen-bond acceptors (Lipinski definition) is 13. The van der Waals surface area contributed by atoms with E-state index in [1.54, 1.807) is 0 Å². The molecule has 13 heteroatoms. The second-order valence-electron chi connectivity index (χ2n) is 15.1. The summed E-state index contributed by atoms with van der Waals surface area (Å²) in [6, 6.07) is -1.81. The van der Waals surface area contributed by atoms with Crippen molar-refractivity contribution in [2.24, 2.45) is 52.7 Å². The minimum Gasteiger partial charge on any atom is -0.396 e. The normalized spacial score (nSPS) is 15.9. The summed E-state index contributed by atoms with van der Waals surface area (Å²) in [5.74, 6) is 2.82. The molecule has 298 valence electrons. The molecule has 0 aromatic rings. The third-order valence-corrected chi connectivity index (χ3v) is 6.89. The van der Waals surface area contributed by atoms with E-state index in [4.69, 9.17) is 47.8 Å². The molecule has 0 fully saturated rings. The topological polar surface area (TPSA) is 280 Å². The summed E-state index contributed by atoms with van der Waals surface area (Å²) in [4.78, 5) is 0. The fraction of sp³-hybridized carbons (Fsp3) is 1.00. The Morgan fingerprint density at radius 3 is 1.10 bits per heavy atom. The quantitative estimate of drug-likeness (QED) is 0.0875. The van der Waals surface area contributed by atoms with Crippen molar-refractivity contribution in [1.29, 1.82) is 0 Å². The van der Waals surface area contributed by atoms with Gasteiger partial charge in [-0.3, -0.25) is 0 Å². The molecule has 5 unspecified atom stereocenters. The molecule has 0 spiro atoms. The van der Waals surface area contributed by atoms with Crippen molar-refractivity contribution < 1.29 is 51.1 Å². The number of aliphatic hydroxyl groups is 10. The molecule has 0 aliphatic carbocycles. The molecule has 16 N–H and O–H groups in total. The molecule has 7 atom stereocenters. The van der Waals surface area contributed by atoms with E-state index in [2.05, 4.69) is 34.6 Å². The van der Waals surface area contributed by atoms with E-state index in [0.717, 1.165) is 18.8 Å². The first-order valence-electron chi connectivity index (χ1n) is 17.6. The fourth-order valence-corrected chi connectivity index (χ4v) is 4.14. The Labute approximate surface area is 293 Å². The zero-order valence-electron chi connectivity index (χ0n) is 32.4. The Kier molecular flexibility index (Phi) is 41.3. The number of nitrogens with two attached hydrogens (primary N) is 3. The van der Waals surface area contributed by atoms with Gasteiger partial charge in [0.2, 0.25) is 0 Å². The average molecular weight is 706 g/mol. The van der Waals surface area contributed by atoms with Crippen LogP contribution in [0, 0.1) is 35.5 Å². The Hall–Kier alpha value is -0.520. The van der Waals surface area contributed by atoms with Crippen LogP contribution in [0.5, 0.6) is 0 Å². The molecule has 0 saturated carbocycles. The van der Waals surface area contributed by atoms with Gasteiger partial charge in [-0.05, 0) is 67.6 Å². The SMILES string of the molecule is CC(C)CC(C)CO.CC(C)CC(O)(CO)CO.CC(C)CCO.CC(C)C[C@@H](O)C(N)C(N)CO.CC(C)C[C@@H](O)C(O)C(N)CO. The van der Waals surface area contributed by atoms with Crippen LogP contribution in [0.4, 0.5) is 0 Å². The minimum atomic E-state index is -1.28. The molecule has 48 heavy (non-hydrogen) atoms. The second-order valence-corrected chi connectivity index (χ2v) is 15.1.